The summed E-state index contributed by atoms with van der Waals surface area (Å²) in [6.07, 6.45) is 3.27. The summed E-state index contributed by atoms with van der Waals surface area (Å²) in [5.41, 5.74) is 2.34. The molecule has 1 saturated heterocycles. The normalized spacial score (nSPS) is 18.2. The van der Waals surface area contributed by atoms with E-state index >= 15 is 0 Å². The molecule has 1 aromatic heterocycles. The highest BCUT2D eigenvalue weighted by Gasteiger charge is 2.43. The van der Waals surface area contributed by atoms with Crippen LogP contribution in [0, 0.1) is 5.41 Å². The molecule has 2 aliphatic rings. The summed E-state index contributed by atoms with van der Waals surface area (Å²) >= 11 is 6.55. The molecule has 0 N–H and O–H groups in total. The fourth-order valence-electron chi connectivity index (χ4n) is 4.50. The third-order valence-corrected chi connectivity index (χ3v) is 6.19. The van der Waals surface area contributed by atoms with Gasteiger partial charge in [0.05, 0.1) is 30.5 Å². The van der Waals surface area contributed by atoms with Crippen LogP contribution < -0.4 is 15.2 Å². The zero-order chi connectivity index (χ0) is 22.3. The molecule has 166 valence electrons. The first kappa shape index (κ1) is 21.7. The Bertz CT molecular complexity index is 1080. The van der Waals surface area contributed by atoms with E-state index < -0.39 is 5.97 Å². The van der Waals surface area contributed by atoms with Gasteiger partial charge in [0.15, 0.2) is 5.43 Å². The SMILES string of the molecule is COCCCOc1cc2c(cc1Cl)-c1cc(=O)c(C(=O)OC)cn1N1CC(C)(C)C[C@H]21. The quantitative estimate of drug-likeness (QED) is 0.496. The zero-order valence-electron chi connectivity index (χ0n) is 18.2. The topological polar surface area (TPSA) is 70.0 Å². The molecule has 31 heavy (non-hydrogen) atoms. The van der Waals surface area contributed by atoms with Crippen molar-refractivity contribution < 1.29 is 19.0 Å². The number of carbonyl (C=O) groups excluding carboxylic acids is 1. The number of nitrogens with zero attached hydrogens (tertiary/aromatic N) is 2. The van der Waals surface area contributed by atoms with E-state index in [-0.39, 0.29) is 22.4 Å². The van der Waals surface area contributed by atoms with Crippen LogP contribution in [0.3, 0.4) is 0 Å². The van der Waals surface area contributed by atoms with Crippen LogP contribution in [0.4, 0.5) is 0 Å². The fourth-order valence-corrected chi connectivity index (χ4v) is 4.72. The van der Waals surface area contributed by atoms with Crippen molar-refractivity contribution in [3.63, 3.8) is 0 Å². The number of aromatic nitrogens is 1. The number of fused-ring (bicyclic) bond motifs is 6. The van der Waals surface area contributed by atoms with Crippen LogP contribution in [0.5, 0.6) is 5.75 Å². The molecule has 8 heteroatoms. The van der Waals surface area contributed by atoms with E-state index in [0.29, 0.717) is 29.7 Å². The van der Waals surface area contributed by atoms with E-state index in [9.17, 15) is 9.59 Å². The number of pyridine rings is 1. The molecule has 4 rings (SSSR count). The second kappa shape index (κ2) is 8.20. The molecule has 0 spiro atoms. The van der Waals surface area contributed by atoms with Gasteiger partial charge >= 0.3 is 5.97 Å². The Labute approximate surface area is 186 Å². The number of benzene rings is 1. The highest BCUT2D eigenvalue weighted by atomic mass is 35.5. The molecule has 0 saturated carbocycles. The zero-order valence-corrected chi connectivity index (χ0v) is 19.0. The predicted octanol–water partition coefficient (Wildman–Crippen LogP) is 3.79. The van der Waals surface area contributed by atoms with Crippen molar-refractivity contribution in [2.75, 3.05) is 39.0 Å². The molecule has 2 aromatic rings. The van der Waals surface area contributed by atoms with Crippen LogP contribution >= 0.6 is 11.6 Å². The molecular weight excluding hydrogens is 420 g/mol. The summed E-state index contributed by atoms with van der Waals surface area (Å²) in [5, 5.41) is 2.68. The largest absolute Gasteiger partial charge is 0.492 e. The Morgan fingerprint density at radius 1 is 1.23 bits per heavy atom. The minimum atomic E-state index is -0.640. The van der Waals surface area contributed by atoms with E-state index in [0.717, 1.165) is 30.5 Å². The van der Waals surface area contributed by atoms with Gasteiger partial charge in [0.1, 0.15) is 11.3 Å². The van der Waals surface area contributed by atoms with Gasteiger partial charge in [0.25, 0.3) is 0 Å². The minimum Gasteiger partial charge on any atom is -0.492 e. The first-order chi connectivity index (χ1) is 14.8. The second-order valence-electron chi connectivity index (χ2n) is 8.82. The number of hydrogen-bond acceptors (Lipinski definition) is 6. The van der Waals surface area contributed by atoms with Gasteiger partial charge in [-0.2, -0.15) is 0 Å². The van der Waals surface area contributed by atoms with E-state index in [1.165, 1.54) is 13.2 Å². The molecule has 0 aliphatic carbocycles. The third-order valence-electron chi connectivity index (χ3n) is 5.90. The van der Waals surface area contributed by atoms with Gasteiger partial charge in [-0.3, -0.25) is 9.47 Å². The summed E-state index contributed by atoms with van der Waals surface area (Å²) in [5.74, 6) is -0.0119. The first-order valence-corrected chi connectivity index (χ1v) is 10.7. The Morgan fingerprint density at radius 2 is 2.00 bits per heavy atom. The van der Waals surface area contributed by atoms with Crippen molar-refractivity contribution in [2.24, 2.45) is 5.41 Å². The van der Waals surface area contributed by atoms with Crippen LogP contribution in [0.25, 0.3) is 11.3 Å². The van der Waals surface area contributed by atoms with Crippen LogP contribution in [0.15, 0.2) is 29.2 Å². The molecule has 0 amide bonds. The monoisotopic (exact) mass is 446 g/mol. The van der Waals surface area contributed by atoms with E-state index in [1.54, 1.807) is 13.3 Å². The number of hydrogen-bond donors (Lipinski definition) is 0. The van der Waals surface area contributed by atoms with Gasteiger partial charge in [0.2, 0.25) is 0 Å². The Morgan fingerprint density at radius 3 is 2.71 bits per heavy atom. The molecule has 0 bridgehead atoms. The van der Waals surface area contributed by atoms with Crippen LogP contribution in [0.1, 0.15) is 48.7 Å². The van der Waals surface area contributed by atoms with Crippen molar-refractivity contribution in [2.45, 2.75) is 32.7 Å². The van der Waals surface area contributed by atoms with Gasteiger partial charge in [-0.1, -0.05) is 25.4 Å². The number of methoxy groups -OCH3 is 2. The maximum atomic E-state index is 12.7. The van der Waals surface area contributed by atoms with Crippen molar-refractivity contribution in [3.05, 3.63) is 50.8 Å². The van der Waals surface area contributed by atoms with Gasteiger partial charge in [-0.05, 0) is 29.5 Å². The second-order valence-corrected chi connectivity index (χ2v) is 9.23. The lowest BCUT2D eigenvalue weighted by atomic mass is 9.86. The van der Waals surface area contributed by atoms with Crippen molar-refractivity contribution in [1.82, 2.24) is 4.68 Å². The van der Waals surface area contributed by atoms with Gasteiger partial charge in [0, 0.05) is 44.5 Å². The maximum Gasteiger partial charge on any atom is 0.343 e. The van der Waals surface area contributed by atoms with Crippen LogP contribution in [-0.4, -0.2) is 44.6 Å². The minimum absolute atomic E-state index is 0.0161. The first-order valence-electron chi connectivity index (χ1n) is 10.3. The summed E-state index contributed by atoms with van der Waals surface area (Å²) in [7, 11) is 2.93. The van der Waals surface area contributed by atoms with E-state index in [1.807, 2.05) is 16.8 Å². The molecule has 0 unspecified atom stereocenters. The van der Waals surface area contributed by atoms with E-state index in [2.05, 4.69) is 18.9 Å². The molecule has 1 fully saturated rings. The van der Waals surface area contributed by atoms with Gasteiger partial charge in [-0.25, -0.2) is 4.79 Å². The lowest BCUT2D eigenvalue weighted by Gasteiger charge is -2.38. The molecule has 3 heterocycles. The van der Waals surface area contributed by atoms with Crippen LogP contribution in [-0.2, 0) is 9.47 Å². The number of rotatable bonds is 6. The lowest BCUT2D eigenvalue weighted by molar-refractivity contribution is 0.0598. The predicted molar refractivity (Wildman–Crippen MR) is 119 cm³/mol. The number of esters is 1. The highest BCUT2D eigenvalue weighted by molar-refractivity contribution is 6.32. The standard InChI is InChI=1S/C23H27ClN2O5/c1-23(2)11-19-15-9-21(31-7-5-6-29-3)17(24)8-14(15)18-10-20(27)16(22(28)30-4)12-25(18)26(19)13-23/h8-10,12,19H,5-7,11,13H2,1-4H3/t19-/m1/s1. The average Bonchev–Trinajstić information content (AvgIpc) is 3.06. The summed E-state index contributed by atoms with van der Waals surface area (Å²) in [4.78, 5) is 24.8. The number of ether oxygens (including phenoxy) is 3. The Balaban J connectivity index is 1.84. The Kier molecular flexibility index (Phi) is 5.75. The smallest absolute Gasteiger partial charge is 0.343 e. The molecule has 0 radical (unpaired) electrons. The van der Waals surface area contributed by atoms with E-state index in [4.69, 9.17) is 25.8 Å². The lowest BCUT2D eigenvalue weighted by Crippen LogP contribution is -2.40. The summed E-state index contributed by atoms with van der Waals surface area (Å²) < 4.78 is 17.7. The van der Waals surface area contributed by atoms with Gasteiger partial charge in [-0.15, -0.1) is 0 Å². The fraction of sp³-hybridized carbons (Fsp3) is 0.478. The number of carbonyl (C=O) groups is 1. The molecule has 1 aromatic carbocycles. The van der Waals surface area contributed by atoms with Gasteiger partial charge < -0.3 is 19.2 Å². The molecule has 1 atom stereocenters. The van der Waals surface area contributed by atoms with Crippen LogP contribution in [0.2, 0.25) is 5.02 Å². The van der Waals surface area contributed by atoms with Crippen molar-refractivity contribution in [3.8, 4) is 17.0 Å². The van der Waals surface area contributed by atoms with Crippen molar-refractivity contribution in [1.29, 1.82) is 0 Å². The molecular formula is C23H27ClN2O5. The summed E-state index contributed by atoms with van der Waals surface area (Å²) in [6, 6.07) is 5.41. The molecule has 2 aliphatic heterocycles. The maximum absolute atomic E-state index is 12.7. The average molecular weight is 447 g/mol. The third kappa shape index (κ3) is 3.92. The summed E-state index contributed by atoms with van der Waals surface area (Å²) in [6.45, 7) is 6.33. The highest BCUT2D eigenvalue weighted by Crippen LogP contribution is 2.49. The van der Waals surface area contributed by atoms with Crippen molar-refractivity contribution >= 4 is 17.6 Å². The Hall–Kier alpha value is -2.51. The number of halogens is 1. The molecule has 7 nitrogen and oxygen atoms in total.